The van der Waals surface area contributed by atoms with Crippen molar-refractivity contribution in [2.45, 2.75) is 6.11 Å². The van der Waals surface area contributed by atoms with Gasteiger partial charge < -0.3 is 4.74 Å². The molecule has 0 N–H and O–H groups in total. The minimum absolute atomic E-state index is 0.391. The maximum Gasteiger partial charge on any atom is 0.427 e. The molecule has 0 heterocycles. The SMILES string of the molecule is O=[N+]([O-])c1ccc(F)cc1OC(F)(F)CF. The molecule has 0 bridgehead atoms. The molecule has 0 unspecified atom stereocenters. The molecule has 0 spiro atoms. The first-order valence-electron chi connectivity index (χ1n) is 3.92. The number of ether oxygens (including phenoxy) is 1. The normalized spacial score (nSPS) is 11.2. The third kappa shape index (κ3) is 2.81. The van der Waals surface area contributed by atoms with E-state index in [1.807, 2.05) is 0 Å². The van der Waals surface area contributed by atoms with Gasteiger partial charge in [0.05, 0.1) is 4.92 Å². The molecular formula is C8H5F4NO3. The maximum atomic E-state index is 12.6. The Morgan fingerprint density at radius 3 is 2.56 bits per heavy atom. The number of rotatable bonds is 4. The van der Waals surface area contributed by atoms with Gasteiger partial charge in [-0.25, -0.2) is 8.78 Å². The summed E-state index contributed by atoms with van der Waals surface area (Å²) in [5.41, 5.74) is -0.866. The molecule has 8 heteroatoms. The number of halogens is 4. The molecule has 88 valence electrons. The van der Waals surface area contributed by atoms with Gasteiger partial charge in [-0.1, -0.05) is 0 Å². The molecule has 0 amide bonds. The smallest absolute Gasteiger partial charge is 0.423 e. The van der Waals surface area contributed by atoms with Gasteiger partial charge >= 0.3 is 11.8 Å². The van der Waals surface area contributed by atoms with Crippen LogP contribution in [0.3, 0.4) is 0 Å². The quantitative estimate of drug-likeness (QED) is 0.461. The molecule has 1 aromatic carbocycles. The van der Waals surface area contributed by atoms with Gasteiger partial charge in [0.2, 0.25) is 5.75 Å². The third-order valence-corrected chi connectivity index (χ3v) is 1.53. The molecule has 0 fully saturated rings. The number of nitro groups is 1. The van der Waals surface area contributed by atoms with Gasteiger partial charge in [-0.05, 0) is 6.07 Å². The van der Waals surface area contributed by atoms with Crippen molar-refractivity contribution in [3.8, 4) is 5.75 Å². The highest BCUT2D eigenvalue weighted by Crippen LogP contribution is 2.31. The van der Waals surface area contributed by atoms with Gasteiger partial charge in [0.15, 0.2) is 6.67 Å². The highest BCUT2D eigenvalue weighted by Gasteiger charge is 2.34. The molecule has 0 aliphatic carbocycles. The van der Waals surface area contributed by atoms with Crippen molar-refractivity contribution < 1.29 is 27.2 Å². The summed E-state index contributed by atoms with van der Waals surface area (Å²) >= 11 is 0. The fourth-order valence-corrected chi connectivity index (χ4v) is 0.909. The molecule has 16 heavy (non-hydrogen) atoms. The van der Waals surface area contributed by atoms with Crippen molar-refractivity contribution in [1.29, 1.82) is 0 Å². The van der Waals surface area contributed by atoms with Crippen LogP contribution in [-0.2, 0) is 0 Å². The molecule has 0 radical (unpaired) electrons. The molecular weight excluding hydrogens is 234 g/mol. The summed E-state index contributed by atoms with van der Waals surface area (Å²) in [5.74, 6) is -2.03. The minimum atomic E-state index is -4.22. The van der Waals surface area contributed by atoms with Crippen LogP contribution in [0.1, 0.15) is 0 Å². The van der Waals surface area contributed by atoms with Crippen LogP contribution in [0.15, 0.2) is 18.2 Å². The van der Waals surface area contributed by atoms with E-state index in [1.54, 1.807) is 0 Å². The summed E-state index contributed by atoms with van der Waals surface area (Å²) in [6.07, 6.45) is -4.22. The molecule has 1 aromatic rings. The summed E-state index contributed by atoms with van der Waals surface area (Å²) in [7, 11) is 0. The molecule has 0 aliphatic heterocycles. The Bertz CT molecular complexity index is 410. The van der Waals surface area contributed by atoms with E-state index in [1.165, 1.54) is 0 Å². The van der Waals surface area contributed by atoms with E-state index in [0.717, 1.165) is 0 Å². The number of hydrogen-bond acceptors (Lipinski definition) is 3. The number of nitrogens with zero attached hydrogens (tertiary/aromatic N) is 1. The zero-order valence-electron chi connectivity index (χ0n) is 7.62. The predicted octanol–water partition coefficient (Wildman–Crippen LogP) is 2.68. The summed E-state index contributed by atoms with van der Waals surface area (Å²) in [4.78, 5) is 9.33. The topological polar surface area (TPSA) is 52.4 Å². The van der Waals surface area contributed by atoms with Crippen molar-refractivity contribution in [1.82, 2.24) is 0 Å². The number of hydrogen-bond donors (Lipinski definition) is 0. The van der Waals surface area contributed by atoms with Gasteiger partial charge in [0.25, 0.3) is 0 Å². The largest absolute Gasteiger partial charge is 0.427 e. The van der Waals surface area contributed by atoms with E-state index < -0.39 is 35.0 Å². The molecule has 0 aliphatic rings. The van der Waals surface area contributed by atoms with Crippen LogP contribution in [-0.4, -0.2) is 17.7 Å². The predicted molar refractivity (Wildman–Crippen MR) is 44.6 cm³/mol. The lowest BCUT2D eigenvalue weighted by molar-refractivity contribution is -0.387. The fourth-order valence-electron chi connectivity index (χ4n) is 0.909. The summed E-state index contributed by atoms with van der Waals surface area (Å²) < 4.78 is 53.1. The van der Waals surface area contributed by atoms with Gasteiger partial charge in [-0.2, -0.15) is 8.78 Å². The summed E-state index contributed by atoms with van der Waals surface area (Å²) in [6.45, 7) is -2.17. The van der Waals surface area contributed by atoms with Crippen LogP contribution >= 0.6 is 0 Å². The highest BCUT2D eigenvalue weighted by atomic mass is 19.3. The van der Waals surface area contributed by atoms with E-state index in [0.29, 0.717) is 18.2 Å². The van der Waals surface area contributed by atoms with Gasteiger partial charge in [0, 0.05) is 12.1 Å². The molecule has 0 saturated heterocycles. The first kappa shape index (κ1) is 12.2. The highest BCUT2D eigenvalue weighted by molar-refractivity contribution is 5.46. The number of nitro benzene ring substituents is 1. The van der Waals surface area contributed by atoms with Crippen molar-refractivity contribution in [3.05, 3.63) is 34.1 Å². The number of alkyl halides is 3. The Morgan fingerprint density at radius 1 is 1.44 bits per heavy atom. The van der Waals surface area contributed by atoms with Crippen molar-refractivity contribution in [2.24, 2.45) is 0 Å². The summed E-state index contributed by atoms with van der Waals surface area (Å²) in [6, 6.07) is 1.75. The van der Waals surface area contributed by atoms with E-state index in [4.69, 9.17) is 0 Å². The Labute approximate surface area is 86.6 Å². The van der Waals surface area contributed by atoms with Crippen molar-refractivity contribution in [3.63, 3.8) is 0 Å². The van der Waals surface area contributed by atoms with E-state index in [-0.39, 0.29) is 0 Å². The Kier molecular flexibility index (Phi) is 3.31. The average Bonchev–Trinajstić information content (AvgIpc) is 2.16. The van der Waals surface area contributed by atoms with Gasteiger partial charge in [0.1, 0.15) is 5.82 Å². The zero-order valence-corrected chi connectivity index (χ0v) is 7.62. The van der Waals surface area contributed by atoms with Crippen molar-refractivity contribution >= 4 is 5.69 Å². The fraction of sp³-hybridized carbons (Fsp3) is 0.250. The molecule has 0 aromatic heterocycles. The van der Waals surface area contributed by atoms with Gasteiger partial charge in [-0.15, -0.1) is 0 Å². The van der Waals surface area contributed by atoms with Crippen LogP contribution in [0.2, 0.25) is 0 Å². The Hall–Kier alpha value is -1.86. The average molecular weight is 239 g/mol. The lowest BCUT2D eigenvalue weighted by Crippen LogP contribution is -2.27. The lowest BCUT2D eigenvalue weighted by atomic mass is 10.3. The first-order chi connectivity index (χ1) is 7.35. The second-order valence-electron chi connectivity index (χ2n) is 2.74. The molecule has 0 atom stereocenters. The standard InChI is InChI=1S/C8H5F4NO3/c9-4-8(11,12)16-7-3-5(10)1-2-6(7)13(14)15/h1-3H,4H2. The minimum Gasteiger partial charge on any atom is -0.423 e. The van der Waals surface area contributed by atoms with E-state index in [9.17, 15) is 27.7 Å². The Morgan fingerprint density at radius 2 is 2.06 bits per heavy atom. The van der Waals surface area contributed by atoms with Crippen LogP contribution in [0, 0.1) is 15.9 Å². The van der Waals surface area contributed by atoms with Crippen molar-refractivity contribution in [2.75, 3.05) is 6.67 Å². The maximum absolute atomic E-state index is 12.6. The zero-order chi connectivity index (χ0) is 12.3. The second kappa shape index (κ2) is 4.33. The number of benzene rings is 1. The van der Waals surface area contributed by atoms with Crippen LogP contribution < -0.4 is 4.74 Å². The lowest BCUT2D eigenvalue weighted by Gasteiger charge is -2.14. The molecule has 0 saturated carbocycles. The van der Waals surface area contributed by atoms with Crippen LogP contribution in [0.25, 0.3) is 0 Å². The molecule has 4 nitrogen and oxygen atoms in total. The van der Waals surface area contributed by atoms with Gasteiger partial charge in [-0.3, -0.25) is 10.1 Å². The van der Waals surface area contributed by atoms with E-state index in [2.05, 4.69) is 4.74 Å². The van der Waals surface area contributed by atoms with E-state index >= 15 is 0 Å². The Balaban J connectivity index is 3.10. The molecule has 1 rings (SSSR count). The third-order valence-electron chi connectivity index (χ3n) is 1.53. The first-order valence-corrected chi connectivity index (χ1v) is 3.92. The second-order valence-corrected chi connectivity index (χ2v) is 2.74. The van der Waals surface area contributed by atoms with Crippen LogP contribution in [0.4, 0.5) is 23.2 Å². The monoisotopic (exact) mass is 239 g/mol. The van der Waals surface area contributed by atoms with Crippen LogP contribution in [0.5, 0.6) is 5.75 Å². The summed E-state index contributed by atoms with van der Waals surface area (Å²) in [5, 5.41) is 10.4.